The fourth-order valence-electron chi connectivity index (χ4n) is 4.29. The number of ether oxygens (including phenoxy) is 4. The van der Waals surface area contributed by atoms with Crippen LogP contribution in [-0.2, 0) is 45.2 Å². The van der Waals surface area contributed by atoms with Gasteiger partial charge in [0, 0.05) is 34.7 Å². The van der Waals surface area contributed by atoms with E-state index in [2.05, 4.69) is 10.3 Å². The third-order valence-electron chi connectivity index (χ3n) is 6.20. The summed E-state index contributed by atoms with van der Waals surface area (Å²) in [5.41, 5.74) is 1.59. The summed E-state index contributed by atoms with van der Waals surface area (Å²) < 4.78 is 22.3. The minimum absolute atomic E-state index is 0.0555. The monoisotopic (exact) mass is 560 g/mol. The largest absolute Gasteiger partial charge is 0.462 e. The van der Waals surface area contributed by atoms with E-state index in [0.29, 0.717) is 11.4 Å². The van der Waals surface area contributed by atoms with Gasteiger partial charge in [0.2, 0.25) is 0 Å². The molecule has 0 spiro atoms. The molecule has 0 bridgehead atoms. The molecule has 0 saturated carbocycles. The summed E-state index contributed by atoms with van der Waals surface area (Å²) in [6.45, 7) is 7.48. The number of aryl methyl sites for hydroxylation is 2. The maximum Gasteiger partial charge on any atom is 0.329 e. The molecule has 2 heterocycles. The highest BCUT2D eigenvalue weighted by Gasteiger charge is 2.41. The summed E-state index contributed by atoms with van der Waals surface area (Å²) in [5, 5.41) is 3.07. The van der Waals surface area contributed by atoms with Crippen LogP contribution in [0.4, 0.5) is 22.9 Å². The number of nitrogens with zero attached hydrogens (tertiary/aromatic N) is 2. The van der Waals surface area contributed by atoms with Crippen LogP contribution < -0.4 is 21.5 Å². The molecule has 0 amide bonds. The van der Waals surface area contributed by atoms with Crippen LogP contribution in [0.2, 0.25) is 0 Å². The van der Waals surface area contributed by atoms with Crippen molar-refractivity contribution in [3.63, 3.8) is 0 Å². The Hall–Kier alpha value is -4.62. The van der Waals surface area contributed by atoms with Crippen LogP contribution in [0.3, 0.4) is 0 Å². The molecule has 0 radical (unpaired) electrons. The van der Waals surface area contributed by atoms with Gasteiger partial charge in [0.25, 0.3) is 5.56 Å². The predicted molar refractivity (Wildman–Crippen MR) is 142 cm³/mol. The lowest BCUT2D eigenvalue weighted by atomic mass is 10.0. The average Bonchev–Trinajstić information content (AvgIpc) is 2.84. The molecule has 3 atom stereocenters. The number of aromatic nitrogens is 2. The van der Waals surface area contributed by atoms with Crippen LogP contribution in [0.25, 0.3) is 0 Å². The zero-order chi connectivity index (χ0) is 29.9. The molecule has 0 saturated heterocycles. The van der Waals surface area contributed by atoms with Crippen molar-refractivity contribution in [2.24, 2.45) is 7.05 Å². The van der Waals surface area contributed by atoms with Gasteiger partial charge in [-0.15, -0.1) is 0 Å². The smallest absolute Gasteiger partial charge is 0.329 e. The van der Waals surface area contributed by atoms with E-state index in [0.717, 1.165) is 43.4 Å². The molecule has 2 N–H and O–H groups in total. The SMILES string of the molecule is CC(=O)OC[C@H](OC(C)=O)[C@H](OC(C)=O)[C@@H](CN1c2cc(C)c(C)cc2Nc2c1[nH]c(=O)n(C)c2=O)OC(C)=O. The van der Waals surface area contributed by atoms with Crippen molar-refractivity contribution in [1.82, 2.24) is 9.55 Å². The summed E-state index contributed by atoms with van der Waals surface area (Å²) in [5.74, 6) is -2.94. The molecule has 40 heavy (non-hydrogen) atoms. The molecule has 1 aliphatic heterocycles. The molecule has 1 aromatic carbocycles. The number of carbonyl (C=O) groups excluding carboxylic acids is 4. The number of H-pyrrole nitrogens is 1. The first kappa shape index (κ1) is 29.9. The van der Waals surface area contributed by atoms with Crippen molar-refractivity contribution in [1.29, 1.82) is 0 Å². The lowest BCUT2D eigenvalue weighted by Gasteiger charge is -2.38. The second-order valence-corrected chi connectivity index (χ2v) is 9.38. The predicted octanol–water partition coefficient (Wildman–Crippen LogP) is 1.24. The van der Waals surface area contributed by atoms with Crippen molar-refractivity contribution < 1.29 is 38.1 Å². The molecule has 0 fully saturated rings. The third kappa shape index (κ3) is 6.68. The topological polar surface area (TPSA) is 175 Å². The average molecular weight is 561 g/mol. The van der Waals surface area contributed by atoms with Crippen LogP contribution in [0, 0.1) is 13.8 Å². The van der Waals surface area contributed by atoms with Gasteiger partial charge in [0.15, 0.2) is 18.3 Å². The Morgan fingerprint density at radius 3 is 2.00 bits per heavy atom. The van der Waals surface area contributed by atoms with Crippen molar-refractivity contribution in [2.45, 2.75) is 59.9 Å². The van der Waals surface area contributed by atoms with E-state index in [1.165, 1.54) is 11.9 Å². The lowest BCUT2D eigenvalue weighted by molar-refractivity contribution is -0.188. The number of rotatable bonds is 9. The molecule has 14 nitrogen and oxygen atoms in total. The Morgan fingerprint density at radius 2 is 1.43 bits per heavy atom. The number of nitrogens with one attached hydrogen (secondary N) is 2. The Bertz CT molecular complexity index is 1460. The van der Waals surface area contributed by atoms with Crippen LogP contribution in [-0.4, -0.2) is 64.9 Å². The number of hydrogen-bond acceptors (Lipinski definition) is 12. The Balaban J connectivity index is 2.21. The van der Waals surface area contributed by atoms with E-state index in [-0.39, 0.29) is 18.1 Å². The lowest BCUT2D eigenvalue weighted by Crippen LogP contribution is -2.52. The summed E-state index contributed by atoms with van der Waals surface area (Å²) in [6.07, 6.45) is -4.15. The summed E-state index contributed by atoms with van der Waals surface area (Å²) in [4.78, 5) is 77.7. The first-order valence-electron chi connectivity index (χ1n) is 12.3. The minimum Gasteiger partial charge on any atom is -0.462 e. The van der Waals surface area contributed by atoms with E-state index in [4.69, 9.17) is 18.9 Å². The Kier molecular flexibility index (Phi) is 9.02. The molecule has 1 aromatic heterocycles. The van der Waals surface area contributed by atoms with Crippen molar-refractivity contribution in [3.05, 3.63) is 44.1 Å². The fourth-order valence-corrected chi connectivity index (χ4v) is 4.29. The molecular weight excluding hydrogens is 528 g/mol. The van der Waals surface area contributed by atoms with Gasteiger partial charge in [0.1, 0.15) is 18.1 Å². The van der Waals surface area contributed by atoms with Crippen LogP contribution in [0.1, 0.15) is 38.8 Å². The molecule has 216 valence electrons. The maximum atomic E-state index is 13.1. The van der Waals surface area contributed by atoms with Gasteiger partial charge >= 0.3 is 29.6 Å². The van der Waals surface area contributed by atoms with Crippen molar-refractivity contribution >= 4 is 46.8 Å². The zero-order valence-electron chi connectivity index (χ0n) is 23.3. The number of esters is 4. The maximum absolute atomic E-state index is 13.1. The third-order valence-corrected chi connectivity index (χ3v) is 6.20. The van der Waals surface area contributed by atoms with E-state index in [9.17, 15) is 28.8 Å². The first-order chi connectivity index (χ1) is 18.7. The molecule has 1 aliphatic rings. The highest BCUT2D eigenvalue weighted by atomic mass is 16.6. The second kappa shape index (κ2) is 12.1. The van der Waals surface area contributed by atoms with Crippen molar-refractivity contribution in [3.8, 4) is 0 Å². The van der Waals surface area contributed by atoms with Gasteiger partial charge in [-0.25, -0.2) is 4.79 Å². The number of carbonyl (C=O) groups is 4. The normalized spacial score (nSPS) is 14.0. The molecule has 3 rings (SSSR count). The summed E-state index contributed by atoms with van der Waals surface area (Å²) in [7, 11) is 1.32. The number of anilines is 4. The van der Waals surface area contributed by atoms with E-state index < -0.39 is 60.0 Å². The fraction of sp³-hybridized carbons (Fsp3) is 0.462. The highest BCUT2D eigenvalue weighted by molar-refractivity contribution is 5.90. The molecule has 14 heteroatoms. The summed E-state index contributed by atoms with van der Waals surface area (Å²) >= 11 is 0. The molecular formula is C26H32N4O10. The Morgan fingerprint density at radius 1 is 0.850 bits per heavy atom. The molecule has 0 aliphatic carbocycles. The number of hydrogen-bond donors (Lipinski definition) is 2. The standard InChI is InChI=1S/C26H32N4O10/c1-12-8-18-19(9-13(12)2)30(24-22(27-18)25(35)29(7)26(36)28-24)10-20(38-15(4)32)23(40-17(6)34)21(39-16(5)33)11-37-14(3)31/h8-9,20-21,23,27H,10-11H2,1-7H3,(H,28,36)/t20-,21+,23-/m1/s1. The summed E-state index contributed by atoms with van der Waals surface area (Å²) in [6, 6.07) is 3.63. The first-order valence-corrected chi connectivity index (χ1v) is 12.3. The van der Waals surface area contributed by atoms with Gasteiger partial charge in [-0.05, 0) is 37.1 Å². The highest BCUT2D eigenvalue weighted by Crippen LogP contribution is 2.42. The van der Waals surface area contributed by atoms with Crippen molar-refractivity contribution in [2.75, 3.05) is 23.4 Å². The van der Waals surface area contributed by atoms with Gasteiger partial charge in [-0.2, -0.15) is 0 Å². The second-order valence-electron chi connectivity index (χ2n) is 9.38. The molecule has 0 unspecified atom stereocenters. The van der Waals surface area contributed by atoms with E-state index >= 15 is 0 Å². The van der Waals surface area contributed by atoms with Gasteiger partial charge in [-0.3, -0.25) is 33.5 Å². The van der Waals surface area contributed by atoms with Gasteiger partial charge < -0.3 is 29.2 Å². The van der Waals surface area contributed by atoms with E-state index in [1.54, 1.807) is 0 Å². The van der Waals surface area contributed by atoms with Crippen LogP contribution in [0.5, 0.6) is 0 Å². The molecule has 2 aromatic rings. The van der Waals surface area contributed by atoms with Crippen LogP contribution >= 0.6 is 0 Å². The minimum atomic E-state index is -1.45. The van der Waals surface area contributed by atoms with E-state index in [1.807, 2.05) is 26.0 Å². The van der Waals surface area contributed by atoms with Gasteiger partial charge in [0.05, 0.1) is 17.9 Å². The van der Waals surface area contributed by atoms with Crippen LogP contribution in [0.15, 0.2) is 21.7 Å². The zero-order valence-corrected chi connectivity index (χ0v) is 23.3. The van der Waals surface area contributed by atoms with Gasteiger partial charge in [-0.1, -0.05) is 0 Å². The quantitative estimate of drug-likeness (QED) is 0.332. The number of aromatic amines is 1. The number of fused-ring (bicyclic) bond motifs is 2. The number of benzene rings is 1. The Labute approximate surface area is 229 Å².